The molecule has 0 heterocycles. The van der Waals surface area contributed by atoms with Crippen molar-refractivity contribution in [2.45, 2.75) is 32.4 Å². The predicted molar refractivity (Wildman–Crippen MR) is 72.2 cm³/mol. The van der Waals surface area contributed by atoms with Crippen molar-refractivity contribution < 1.29 is 19.6 Å². The van der Waals surface area contributed by atoms with Crippen LogP contribution in [-0.4, -0.2) is 28.8 Å². The van der Waals surface area contributed by atoms with Gasteiger partial charge in [0, 0.05) is 31.7 Å². The van der Waals surface area contributed by atoms with Crippen molar-refractivity contribution in [3.63, 3.8) is 0 Å². The standard InChI is InChI=1S/C13H18N2O5/c1-2-12(6-7-16)20-13(17)14-9-10-4-3-5-11(8-10)15(18)19/h3-5,8,12,16H,2,6-7,9H2,1H3,(H,14,17)/t12-/m1/s1. The van der Waals surface area contributed by atoms with E-state index < -0.39 is 11.0 Å². The molecule has 0 saturated carbocycles. The topological polar surface area (TPSA) is 102 Å². The van der Waals surface area contributed by atoms with E-state index in [-0.39, 0.29) is 24.9 Å². The number of carbonyl (C=O) groups is 1. The number of hydrogen-bond donors (Lipinski definition) is 2. The van der Waals surface area contributed by atoms with Gasteiger partial charge in [0.05, 0.1) is 4.92 Å². The van der Waals surface area contributed by atoms with Crippen LogP contribution in [-0.2, 0) is 11.3 Å². The van der Waals surface area contributed by atoms with Crippen molar-refractivity contribution in [2.24, 2.45) is 0 Å². The number of hydrogen-bond acceptors (Lipinski definition) is 5. The molecular weight excluding hydrogens is 264 g/mol. The van der Waals surface area contributed by atoms with Crippen molar-refractivity contribution in [2.75, 3.05) is 6.61 Å². The Bertz CT molecular complexity index is 464. The third kappa shape index (κ3) is 5.23. The molecular formula is C13H18N2O5. The van der Waals surface area contributed by atoms with Crippen molar-refractivity contribution in [3.8, 4) is 0 Å². The summed E-state index contributed by atoms with van der Waals surface area (Å²) in [6, 6.07) is 6.01. The van der Waals surface area contributed by atoms with E-state index in [0.717, 1.165) is 0 Å². The van der Waals surface area contributed by atoms with Gasteiger partial charge in [-0.15, -0.1) is 0 Å². The molecule has 1 rings (SSSR count). The highest BCUT2D eigenvalue weighted by atomic mass is 16.6. The second-order valence-electron chi connectivity index (χ2n) is 4.23. The van der Waals surface area contributed by atoms with Crippen LogP contribution in [0.25, 0.3) is 0 Å². The molecule has 0 bridgehead atoms. The summed E-state index contributed by atoms with van der Waals surface area (Å²) in [5.74, 6) is 0. The molecule has 1 atom stereocenters. The van der Waals surface area contributed by atoms with Crippen LogP contribution in [0.15, 0.2) is 24.3 Å². The number of nitro benzene ring substituents is 1. The van der Waals surface area contributed by atoms with Gasteiger partial charge >= 0.3 is 6.09 Å². The molecule has 1 aromatic rings. The highest BCUT2D eigenvalue weighted by Crippen LogP contribution is 2.13. The van der Waals surface area contributed by atoms with E-state index in [9.17, 15) is 14.9 Å². The van der Waals surface area contributed by atoms with Gasteiger partial charge in [-0.1, -0.05) is 19.1 Å². The fourth-order valence-electron chi connectivity index (χ4n) is 1.64. The zero-order chi connectivity index (χ0) is 15.0. The van der Waals surface area contributed by atoms with E-state index in [2.05, 4.69) is 5.32 Å². The number of non-ortho nitro benzene ring substituents is 1. The fraction of sp³-hybridized carbons (Fsp3) is 0.462. The largest absolute Gasteiger partial charge is 0.446 e. The lowest BCUT2D eigenvalue weighted by Crippen LogP contribution is -2.28. The molecule has 0 fully saturated rings. The van der Waals surface area contributed by atoms with Gasteiger partial charge in [-0.3, -0.25) is 10.1 Å². The molecule has 0 saturated heterocycles. The number of aliphatic hydroxyl groups excluding tert-OH is 1. The molecule has 1 amide bonds. The molecule has 0 aliphatic heterocycles. The molecule has 7 heteroatoms. The Hall–Kier alpha value is -2.15. The van der Waals surface area contributed by atoms with Crippen LogP contribution in [0, 0.1) is 10.1 Å². The average Bonchev–Trinajstić information content (AvgIpc) is 2.45. The monoisotopic (exact) mass is 282 g/mol. The third-order valence-electron chi connectivity index (χ3n) is 2.74. The van der Waals surface area contributed by atoms with Crippen LogP contribution in [0.2, 0.25) is 0 Å². The van der Waals surface area contributed by atoms with Crippen molar-refractivity contribution >= 4 is 11.8 Å². The Morgan fingerprint density at radius 3 is 2.90 bits per heavy atom. The number of amides is 1. The van der Waals surface area contributed by atoms with Gasteiger partial charge in [0.1, 0.15) is 6.10 Å². The molecule has 0 spiro atoms. The molecule has 7 nitrogen and oxygen atoms in total. The Kier molecular flexibility index (Phi) is 6.45. The summed E-state index contributed by atoms with van der Waals surface area (Å²) in [5, 5.41) is 21.9. The summed E-state index contributed by atoms with van der Waals surface area (Å²) in [7, 11) is 0. The Balaban J connectivity index is 2.48. The van der Waals surface area contributed by atoms with Crippen LogP contribution >= 0.6 is 0 Å². The minimum atomic E-state index is -0.600. The van der Waals surface area contributed by atoms with Crippen LogP contribution < -0.4 is 5.32 Å². The van der Waals surface area contributed by atoms with Gasteiger partial charge in [-0.25, -0.2) is 4.79 Å². The maximum Gasteiger partial charge on any atom is 0.407 e. The Morgan fingerprint density at radius 1 is 1.55 bits per heavy atom. The van der Waals surface area contributed by atoms with Crippen molar-refractivity contribution in [1.29, 1.82) is 0 Å². The molecule has 1 aromatic carbocycles. The van der Waals surface area contributed by atoms with Crippen molar-refractivity contribution in [3.05, 3.63) is 39.9 Å². The zero-order valence-electron chi connectivity index (χ0n) is 11.2. The number of benzene rings is 1. The van der Waals surface area contributed by atoms with E-state index in [0.29, 0.717) is 18.4 Å². The lowest BCUT2D eigenvalue weighted by atomic mass is 10.2. The van der Waals surface area contributed by atoms with Crippen LogP contribution in [0.5, 0.6) is 0 Å². The number of rotatable bonds is 7. The van der Waals surface area contributed by atoms with Gasteiger partial charge in [0.25, 0.3) is 5.69 Å². The Morgan fingerprint density at radius 2 is 2.30 bits per heavy atom. The summed E-state index contributed by atoms with van der Waals surface area (Å²) in [6.45, 7) is 1.96. The molecule has 0 aliphatic rings. The highest BCUT2D eigenvalue weighted by molar-refractivity contribution is 5.67. The molecule has 110 valence electrons. The SMILES string of the molecule is CC[C@H](CCO)OC(=O)NCc1cccc([N+](=O)[O-])c1. The number of alkyl carbamates (subject to hydrolysis) is 1. The molecule has 0 radical (unpaired) electrons. The van der Waals surface area contributed by atoms with E-state index >= 15 is 0 Å². The quantitative estimate of drug-likeness (QED) is 0.588. The lowest BCUT2D eigenvalue weighted by molar-refractivity contribution is -0.384. The van der Waals surface area contributed by atoms with Crippen LogP contribution in [0.4, 0.5) is 10.5 Å². The first-order valence-electron chi connectivity index (χ1n) is 6.35. The molecule has 0 unspecified atom stereocenters. The van der Waals surface area contributed by atoms with Gasteiger partial charge < -0.3 is 15.2 Å². The van der Waals surface area contributed by atoms with Gasteiger partial charge in [-0.05, 0) is 12.0 Å². The van der Waals surface area contributed by atoms with Crippen LogP contribution in [0.3, 0.4) is 0 Å². The first kappa shape index (κ1) is 15.9. The minimum absolute atomic E-state index is 0.0237. The summed E-state index contributed by atoms with van der Waals surface area (Å²) in [4.78, 5) is 21.7. The van der Waals surface area contributed by atoms with Crippen molar-refractivity contribution in [1.82, 2.24) is 5.32 Å². The second kappa shape index (κ2) is 8.11. The zero-order valence-corrected chi connectivity index (χ0v) is 11.2. The maximum absolute atomic E-state index is 11.5. The van der Waals surface area contributed by atoms with E-state index in [1.54, 1.807) is 12.1 Å². The van der Waals surface area contributed by atoms with E-state index in [1.165, 1.54) is 12.1 Å². The number of ether oxygens (including phenoxy) is 1. The van der Waals surface area contributed by atoms with Gasteiger partial charge in [-0.2, -0.15) is 0 Å². The summed E-state index contributed by atoms with van der Waals surface area (Å²) < 4.78 is 5.10. The van der Waals surface area contributed by atoms with Gasteiger partial charge in [0.2, 0.25) is 0 Å². The smallest absolute Gasteiger partial charge is 0.407 e. The summed E-state index contributed by atoms with van der Waals surface area (Å²) in [6.07, 6.45) is 0.0767. The number of nitrogens with zero attached hydrogens (tertiary/aromatic N) is 1. The summed E-state index contributed by atoms with van der Waals surface area (Å²) in [5.41, 5.74) is 0.593. The summed E-state index contributed by atoms with van der Waals surface area (Å²) >= 11 is 0. The Labute approximate surface area is 116 Å². The van der Waals surface area contributed by atoms with E-state index in [4.69, 9.17) is 9.84 Å². The number of nitrogens with one attached hydrogen (secondary N) is 1. The first-order valence-corrected chi connectivity index (χ1v) is 6.35. The third-order valence-corrected chi connectivity index (χ3v) is 2.74. The fourth-order valence-corrected chi connectivity index (χ4v) is 1.64. The molecule has 0 aliphatic carbocycles. The van der Waals surface area contributed by atoms with Gasteiger partial charge in [0.15, 0.2) is 0 Å². The molecule has 20 heavy (non-hydrogen) atoms. The first-order chi connectivity index (χ1) is 9.56. The number of aliphatic hydroxyl groups is 1. The van der Waals surface area contributed by atoms with Crippen LogP contribution in [0.1, 0.15) is 25.3 Å². The number of nitro groups is 1. The highest BCUT2D eigenvalue weighted by Gasteiger charge is 2.12. The minimum Gasteiger partial charge on any atom is -0.446 e. The number of carbonyl (C=O) groups excluding carboxylic acids is 1. The second-order valence-corrected chi connectivity index (χ2v) is 4.23. The maximum atomic E-state index is 11.5. The molecule has 0 aromatic heterocycles. The molecule has 2 N–H and O–H groups in total. The predicted octanol–water partition coefficient (Wildman–Crippen LogP) is 1.98. The average molecular weight is 282 g/mol. The normalized spacial score (nSPS) is 11.7. The lowest BCUT2D eigenvalue weighted by Gasteiger charge is -2.15. The van der Waals surface area contributed by atoms with E-state index in [1.807, 2.05) is 6.92 Å².